The number of benzene rings is 1. The number of carbonyl (C=O) groups excluding carboxylic acids is 1. The lowest BCUT2D eigenvalue weighted by Gasteiger charge is -2.34. The molecule has 0 aliphatic carbocycles. The van der Waals surface area contributed by atoms with Crippen LogP contribution in [0.5, 0.6) is 5.75 Å². The number of anilines is 1. The molecule has 0 spiro atoms. The van der Waals surface area contributed by atoms with Gasteiger partial charge in [-0.1, -0.05) is 19.1 Å². The van der Waals surface area contributed by atoms with Crippen LogP contribution in [0.25, 0.3) is 0 Å². The number of nitrogens with one attached hydrogen (secondary N) is 1. The van der Waals surface area contributed by atoms with Gasteiger partial charge in [-0.25, -0.2) is 4.98 Å². The van der Waals surface area contributed by atoms with E-state index in [9.17, 15) is 4.79 Å². The number of rotatable bonds is 6. The molecular formula is C20H26N4O2. The monoisotopic (exact) mass is 354 g/mol. The first-order chi connectivity index (χ1) is 12.7. The number of carbonyl (C=O) groups is 1. The van der Waals surface area contributed by atoms with Crippen LogP contribution in [0.1, 0.15) is 22.8 Å². The summed E-state index contributed by atoms with van der Waals surface area (Å²) in [7, 11) is 1.66. The lowest BCUT2D eigenvalue weighted by atomic mass is 10.2. The molecule has 26 heavy (non-hydrogen) atoms. The minimum Gasteiger partial charge on any atom is -0.497 e. The molecule has 2 aromatic rings. The molecule has 0 saturated carbocycles. The second kappa shape index (κ2) is 8.67. The quantitative estimate of drug-likeness (QED) is 0.864. The minimum absolute atomic E-state index is 0.0648. The van der Waals surface area contributed by atoms with Crippen molar-refractivity contribution in [3.8, 4) is 5.75 Å². The van der Waals surface area contributed by atoms with Crippen molar-refractivity contribution >= 4 is 11.7 Å². The van der Waals surface area contributed by atoms with Crippen LogP contribution in [-0.2, 0) is 6.54 Å². The van der Waals surface area contributed by atoms with E-state index < -0.39 is 0 Å². The average Bonchev–Trinajstić information content (AvgIpc) is 2.72. The maximum atomic E-state index is 12.6. The van der Waals surface area contributed by atoms with Crippen LogP contribution in [0.15, 0.2) is 42.6 Å². The van der Waals surface area contributed by atoms with E-state index in [0.717, 1.165) is 49.9 Å². The zero-order valence-electron chi connectivity index (χ0n) is 15.4. The Balaban J connectivity index is 1.53. The topological polar surface area (TPSA) is 57.7 Å². The van der Waals surface area contributed by atoms with Crippen LogP contribution in [0, 0.1) is 0 Å². The highest BCUT2D eigenvalue weighted by atomic mass is 16.5. The number of methoxy groups -OCH3 is 1. The first-order valence-electron chi connectivity index (χ1n) is 9.04. The number of piperazine rings is 1. The lowest BCUT2D eigenvalue weighted by molar-refractivity contribution is 0.0643. The first kappa shape index (κ1) is 18.2. The molecule has 1 aliphatic rings. The van der Waals surface area contributed by atoms with Crippen molar-refractivity contribution in [2.24, 2.45) is 0 Å². The summed E-state index contributed by atoms with van der Waals surface area (Å²) in [5.41, 5.74) is 1.78. The third-order valence-corrected chi connectivity index (χ3v) is 4.75. The van der Waals surface area contributed by atoms with Crippen molar-refractivity contribution in [1.82, 2.24) is 14.8 Å². The van der Waals surface area contributed by atoms with E-state index in [0.29, 0.717) is 12.1 Å². The van der Waals surface area contributed by atoms with Crippen molar-refractivity contribution in [2.45, 2.75) is 13.5 Å². The predicted molar refractivity (Wildman–Crippen MR) is 103 cm³/mol. The van der Waals surface area contributed by atoms with E-state index in [2.05, 4.69) is 22.1 Å². The van der Waals surface area contributed by atoms with Gasteiger partial charge in [-0.3, -0.25) is 4.79 Å². The molecule has 1 aromatic heterocycles. The van der Waals surface area contributed by atoms with Crippen molar-refractivity contribution in [2.75, 3.05) is 45.2 Å². The van der Waals surface area contributed by atoms with Gasteiger partial charge in [0.25, 0.3) is 5.91 Å². The number of likely N-dealkylation sites (N-methyl/N-ethyl adjacent to an activating group) is 1. The molecule has 1 fully saturated rings. The zero-order valence-corrected chi connectivity index (χ0v) is 15.4. The van der Waals surface area contributed by atoms with Crippen LogP contribution in [0.2, 0.25) is 0 Å². The Morgan fingerprint density at radius 1 is 1.12 bits per heavy atom. The smallest absolute Gasteiger partial charge is 0.255 e. The number of nitrogens with zero attached hydrogens (tertiary/aromatic N) is 3. The first-order valence-corrected chi connectivity index (χ1v) is 9.04. The number of aromatic nitrogens is 1. The molecule has 138 valence electrons. The van der Waals surface area contributed by atoms with Gasteiger partial charge >= 0.3 is 0 Å². The summed E-state index contributed by atoms with van der Waals surface area (Å²) in [6, 6.07) is 11.6. The van der Waals surface area contributed by atoms with Crippen molar-refractivity contribution in [1.29, 1.82) is 0 Å². The number of hydrogen-bond donors (Lipinski definition) is 1. The third-order valence-electron chi connectivity index (χ3n) is 4.75. The molecule has 1 saturated heterocycles. The second-order valence-corrected chi connectivity index (χ2v) is 6.36. The molecule has 1 amide bonds. The summed E-state index contributed by atoms with van der Waals surface area (Å²) in [6.07, 6.45) is 1.66. The third kappa shape index (κ3) is 4.52. The second-order valence-electron chi connectivity index (χ2n) is 6.36. The summed E-state index contributed by atoms with van der Waals surface area (Å²) >= 11 is 0. The summed E-state index contributed by atoms with van der Waals surface area (Å²) < 4.78 is 5.16. The standard InChI is InChI=1S/C20H26N4O2/c1-3-23-10-12-24(13-11-23)20(25)17-6-9-19(22-15-17)21-14-16-4-7-18(26-2)8-5-16/h4-9,15H,3,10-14H2,1-2H3,(H,21,22). The minimum atomic E-state index is 0.0648. The van der Waals surface area contributed by atoms with Gasteiger partial charge in [-0.2, -0.15) is 0 Å². The van der Waals surface area contributed by atoms with Gasteiger partial charge in [-0.15, -0.1) is 0 Å². The van der Waals surface area contributed by atoms with Gasteiger partial charge in [-0.05, 0) is 36.4 Å². The van der Waals surface area contributed by atoms with Crippen molar-refractivity contribution in [3.63, 3.8) is 0 Å². The Hall–Kier alpha value is -2.60. The number of ether oxygens (including phenoxy) is 1. The Labute approximate surface area is 154 Å². The van der Waals surface area contributed by atoms with Crippen LogP contribution >= 0.6 is 0 Å². The summed E-state index contributed by atoms with van der Waals surface area (Å²) in [5, 5.41) is 3.27. The van der Waals surface area contributed by atoms with E-state index in [1.54, 1.807) is 13.3 Å². The lowest BCUT2D eigenvalue weighted by Crippen LogP contribution is -2.48. The zero-order chi connectivity index (χ0) is 18.4. The van der Waals surface area contributed by atoms with E-state index in [1.165, 1.54) is 0 Å². The highest BCUT2D eigenvalue weighted by Crippen LogP contribution is 2.14. The molecule has 1 aliphatic heterocycles. The molecule has 6 heteroatoms. The van der Waals surface area contributed by atoms with Gasteiger partial charge < -0.3 is 19.9 Å². The van der Waals surface area contributed by atoms with Crippen LogP contribution in [0.3, 0.4) is 0 Å². The van der Waals surface area contributed by atoms with Crippen molar-refractivity contribution in [3.05, 3.63) is 53.7 Å². The van der Waals surface area contributed by atoms with Crippen LogP contribution in [-0.4, -0.2) is 60.5 Å². The number of hydrogen-bond acceptors (Lipinski definition) is 5. The molecular weight excluding hydrogens is 328 g/mol. The Morgan fingerprint density at radius 2 is 1.85 bits per heavy atom. The van der Waals surface area contributed by atoms with Crippen LogP contribution in [0.4, 0.5) is 5.82 Å². The number of pyridine rings is 1. The van der Waals surface area contributed by atoms with Gasteiger partial charge in [0, 0.05) is 38.9 Å². The molecule has 0 unspecified atom stereocenters. The largest absolute Gasteiger partial charge is 0.497 e. The molecule has 0 bridgehead atoms. The molecule has 1 aromatic carbocycles. The van der Waals surface area contributed by atoms with Crippen LogP contribution < -0.4 is 10.1 Å². The Bertz CT molecular complexity index is 708. The highest BCUT2D eigenvalue weighted by Gasteiger charge is 2.21. The fourth-order valence-electron chi connectivity index (χ4n) is 3.01. The summed E-state index contributed by atoms with van der Waals surface area (Å²) in [6.45, 7) is 7.31. The summed E-state index contributed by atoms with van der Waals surface area (Å²) in [4.78, 5) is 21.2. The highest BCUT2D eigenvalue weighted by molar-refractivity contribution is 5.94. The fourth-order valence-corrected chi connectivity index (χ4v) is 3.01. The van der Waals surface area contributed by atoms with Gasteiger partial charge in [0.05, 0.1) is 12.7 Å². The van der Waals surface area contributed by atoms with E-state index in [4.69, 9.17) is 4.74 Å². The molecule has 6 nitrogen and oxygen atoms in total. The SMILES string of the molecule is CCN1CCN(C(=O)c2ccc(NCc3ccc(OC)cc3)nc2)CC1. The maximum Gasteiger partial charge on any atom is 0.255 e. The molecule has 0 radical (unpaired) electrons. The molecule has 3 rings (SSSR count). The van der Waals surface area contributed by atoms with Crippen molar-refractivity contribution < 1.29 is 9.53 Å². The number of amides is 1. The van der Waals surface area contributed by atoms with E-state index in [-0.39, 0.29) is 5.91 Å². The fraction of sp³-hybridized carbons (Fsp3) is 0.400. The van der Waals surface area contributed by atoms with Gasteiger partial charge in [0.1, 0.15) is 11.6 Å². The van der Waals surface area contributed by atoms with E-state index in [1.807, 2.05) is 41.3 Å². The normalized spacial score (nSPS) is 14.9. The van der Waals surface area contributed by atoms with E-state index >= 15 is 0 Å². The van der Waals surface area contributed by atoms with Gasteiger partial charge in [0.2, 0.25) is 0 Å². The summed E-state index contributed by atoms with van der Waals surface area (Å²) in [5.74, 6) is 1.66. The predicted octanol–water partition coefficient (Wildman–Crippen LogP) is 2.48. The molecule has 1 N–H and O–H groups in total. The molecule has 0 atom stereocenters. The maximum absolute atomic E-state index is 12.6. The Kier molecular flexibility index (Phi) is 6.07. The Morgan fingerprint density at radius 3 is 2.42 bits per heavy atom. The van der Waals surface area contributed by atoms with Gasteiger partial charge in [0.15, 0.2) is 0 Å². The average molecular weight is 354 g/mol. The molecule has 2 heterocycles.